The number of anilines is 4. The topological polar surface area (TPSA) is 16.3 Å². The summed E-state index contributed by atoms with van der Waals surface area (Å²) < 4.78 is 4.86. The highest BCUT2D eigenvalue weighted by atomic mass is 15.4. The van der Waals surface area contributed by atoms with Crippen molar-refractivity contribution in [3.63, 3.8) is 0 Å². The predicted octanol–water partition coefficient (Wildman–Crippen LogP) is 7.79. The van der Waals surface area contributed by atoms with E-state index in [1.807, 2.05) is 0 Å². The van der Waals surface area contributed by atoms with Gasteiger partial charge in [0.1, 0.15) is 5.82 Å². The number of aromatic nitrogens is 2. The molecule has 0 atom stereocenters. The molecule has 40 heavy (non-hydrogen) atoms. The minimum Gasteiger partial charge on any atom is -0.357 e. The molecule has 0 saturated heterocycles. The Morgan fingerprint density at radius 1 is 0.525 bits per heavy atom. The van der Waals surface area contributed by atoms with E-state index >= 15 is 0 Å². The van der Waals surface area contributed by atoms with E-state index in [-0.39, 0.29) is 6.98 Å². The van der Waals surface area contributed by atoms with Crippen molar-refractivity contribution in [2.45, 2.75) is 0 Å². The summed E-state index contributed by atoms with van der Waals surface area (Å²) in [6.07, 6.45) is 0. The summed E-state index contributed by atoms with van der Waals surface area (Å²) in [5, 5.41) is 2.55. The van der Waals surface area contributed by atoms with Crippen LogP contribution in [-0.2, 0) is 7.05 Å². The SMILES string of the molecule is Cn1c2c(c3ccccc31)-c1ccccc1N1B2N(c2ccccc2)c2c1n(-c1ccccc1)c1ccccc21. The van der Waals surface area contributed by atoms with E-state index < -0.39 is 0 Å². The fourth-order valence-corrected chi connectivity index (χ4v) is 7.10. The monoisotopic (exact) mass is 512 g/mol. The lowest BCUT2D eigenvalue weighted by Crippen LogP contribution is -2.58. The Morgan fingerprint density at radius 3 is 1.90 bits per heavy atom. The van der Waals surface area contributed by atoms with E-state index in [1.165, 1.54) is 61.4 Å². The molecule has 0 fully saturated rings. The third-order valence-corrected chi connectivity index (χ3v) is 8.66. The van der Waals surface area contributed by atoms with Crippen LogP contribution in [-0.4, -0.2) is 16.1 Å². The highest BCUT2D eigenvalue weighted by Gasteiger charge is 2.52. The van der Waals surface area contributed by atoms with Crippen LogP contribution in [0.15, 0.2) is 133 Å². The van der Waals surface area contributed by atoms with Gasteiger partial charge in [0.25, 0.3) is 0 Å². The van der Waals surface area contributed by atoms with Crippen molar-refractivity contribution < 1.29 is 0 Å². The van der Waals surface area contributed by atoms with E-state index in [0.717, 1.165) is 5.69 Å². The molecule has 0 aliphatic carbocycles. The zero-order chi connectivity index (χ0) is 26.4. The Labute approximate surface area is 233 Å². The quantitative estimate of drug-likeness (QED) is 0.220. The van der Waals surface area contributed by atoms with Crippen molar-refractivity contribution in [1.82, 2.24) is 9.13 Å². The van der Waals surface area contributed by atoms with Gasteiger partial charge < -0.3 is 14.2 Å². The smallest absolute Gasteiger partial charge is 0.357 e. The Morgan fingerprint density at radius 2 is 1.12 bits per heavy atom. The molecule has 4 nitrogen and oxygen atoms in total. The van der Waals surface area contributed by atoms with Gasteiger partial charge in [0.15, 0.2) is 0 Å². The minimum absolute atomic E-state index is 0.0470. The van der Waals surface area contributed by atoms with Crippen LogP contribution in [0.25, 0.3) is 38.6 Å². The Kier molecular flexibility index (Phi) is 4.31. The molecule has 188 valence electrons. The normalized spacial score (nSPS) is 13.5. The van der Waals surface area contributed by atoms with E-state index in [1.54, 1.807) is 0 Å². The van der Waals surface area contributed by atoms with Crippen LogP contribution in [0.5, 0.6) is 0 Å². The highest BCUT2D eigenvalue weighted by Crippen LogP contribution is 2.56. The van der Waals surface area contributed by atoms with Crippen molar-refractivity contribution >= 4 is 57.3 Å². The summed E-state index contributed by atoms with van der Waals surface area (Å²) in [5.41, 5.74) is 11.2. The minimum atomic E-state index is -0.0470. The lowest BCUT2D eigenvalue weighted by atomic mass is 9.62. The fraction of sp³-hybridized carbons (Fsp3) is 0.0286. The number of aryl methyl sites for hydroxylation is 1. The maximum atomic E-state index is 2.58. The summed E-state index contributed by atoms with van der Waals surface area (Å²) in [5.74, 6) is 1.20. The zero-order valence-electron chi connectivity index (χ0n) is 22.1. The van der Waals surface area contributed by atoms with Crippen molar-refractivity contribution in [1.29, 1.82) is 0 Å². The first-order valence-electron chi connectivity index (χ1n) is 13.8. The number of rotatable bonds is 2. The zero-order valence-corrected chi connectivity index (χ0v) is 22.1. The molecule has 2 aliphatic heterocycles. The van der Waals surface area contributed by atoms with Gasteiger partial charge in [-0.2, -0.15) is 0 Å². The van der Waals surface area contributed by atoms with Crippen LogP contribution in [0, 0.1) is 0 Å². The molecule has 7 aromatic rings. The molecule has 4 heterocycles. The average Bonchev–Trinajstić information content (AvgIpc) is 3.64. The second-order valence-corrected chi connectivity index (χ2v) is 10.7. The number of fused-ring (bicyclic) bond motifs is 12. The standard InChI is InChI=1S/C35H25BN4/c1-37-29-21-11-8-18-26(29)32-27-19-9-13-23-31(27)40-35-33(39(36(40)34(32)37)25-16-6-3-7-17-25)28-20-10-12-22-30(28)38(35)24-14-4-2-5-15-24/h2-23H,1H3. The van der Waals surface area contributed by atoms with Crippen LogP contribution in [0.4, 0.5) is 22.9 Å². The van der Waals surface area contributed by atoms with Crippen LogP contribution in [0.3, 0.4) is 0 Å². The molecule has 2 aromatic heterocycles. The van der Waals surface area contributed by atoms with Gasteiger partial charge in [0.2, 0.25) is 0 Å². The molecule has 5 aromatic carbocycles. The van der Waals surface area contributed by atoms with Crippen LogP contribution < -0.4 is 15.2 Å². The van der Waals surface area contributed by atoms with Gasteiger partial charge in [-0.05, 0) is 42.5 Å². The molecule has 0 radical (unpaired) electrons. The molecule has 2 aliphatic rings. The average molecular weight is 512 g/mol. The van der Waals surface area contributed by atoms with Crippen molar-refractivity contribution in [3.05, 3.63) is 133 Å². The number of hydrogen-bond donors (Lipinski definition) is 0. The van der Waals surface area contributed by atoms with Gasteiger partial charge in [-0.3, -0.25) is 4.57 Å². The molecule has 0 amide bonds. The first kappa shape index (κ1) is 21.7. The summed E-state index contributed by atoms with van der Waals surface area (Å²) >= 11 is 0. The predicted molar refractivity (Wildman–Crippen MR) is 168 cm³/mol. The molecule has 0 unspecified atom stereocenters. The van der Waals surface area contributed by atoms with Gasteiger partial charge in [-0.1, -0.05) is 91.0 Å². The lowest BCUT2D eigenvalue weighted by Gasteiger charge is -2.36. The first-order chi connectivity index (χ1) is 19.8. The Balaban J connectivity index is 1.48. The van der Waals surface area contributed by atoms with Crippen LogP contribution >= 0.6 is 0 Å². The molecule has 0 spiro atoms. The first-order valence-corrected chi connectivity index (χ1v) is 13.8. The van der Waals surface area contributed by atoms with E-state index in [2.05, 4.69) is 159 Å². The van der Waals surface area contributed by atoms with E-state index in [0.29, 0.717) is 0 Å². The summed E-state index contributed by atoms with van der Waals surface area (Å²) in [4.78, 5) is 5.14. The van der Waals surface area contributed by atoms with Gasteiger partial charge in [0, 0.05) is 57.1 Å². The van der Waals surface area contributed by atoms with Crippen molar-refractivity contribution in [3.8, 4) is 16.8 Å². The van der Waals surface area contributed by atoms with Crippen LogP contribution in [0.1, 0.15) is 0 Å². The van der Waals surface area contributed by atoms with Crippen molar-refractivity contribution in [2.75, 3.05) is 9.62 Å². The van der Waals surface area contributed by atoms with Gasteiger partial charge >= 0.3 is 6.98 Å². The van der Waals surface area contributed by atoms with Crippen molar-refractivity contribution in [2.24, 2.45) is 7.05 Å². The molecule has 0 N–H and O–H groups in total. The molecular formula is C35H25BN4. The number of para-hydroxylation sites is 5. The molecule has 0 bridgehead atoms. The van der Waals surface area contributed by atoms with Gasteiger partial charge in [-0.15, -0.1) is 0 Å². The van der Waals surface area contributed by atoms with E-state index in [4.69, 9.17) is 0 Å². The van der Waals surface area contributed by atoms with Gasteiger partial charge in [0.05, 0.1) is 11.2 Å². The summed E-state index contributed by atoms with van der Waals surface area (Å²) in [7, 11) is 2.22. The third kappa shape index (κ3) is 2.66. The molecule has 5 heteroatoms. The number of benzene rings is 5. The lowest BCUT2D eigenvalue weighted by molar-refractivity contribution is 0.993. The maximum Gasteiger partial charge on any atom is 0.439 e. The fourth-order valence-electron chi connectivity index (χ4n) is 7.10. The maximum absolute atomic E-state index is 2.58. The van der Waals surface area contributed by atoms with Crippen LogP contribution in [0.2, 0.25) is 0 Å². The number of hydrogen-bond acceptors (Lipinski definition) is 2. The summed E-state index contributed by atoms with van der Waals surface area (Å²) in [6, 6.07) is 48.2. The van der Waals surface area contributed by atoms with E-state index in [9.17, 15) is 0 Å². The Bertz CT molecular complexity index is 2090. The number of nitrogens with zero attached hydrogens (tertiary/aromatic N) is 4. The molecule has 9 rings (SSSR count). The largest absolute Gasteiger partial charge is 0.439 e. The summed E-state index contributed by atoms with van der Waals surface area (Å²) in [6.45, 7) is -0.0470. The second-order valence-electron chi connectivity index (χ2n) is 10.7. The second kappa shape index (κ2) is 7.93. The highest BCUT2D eigenvalue weighted by molar-refractivity contribution is 6.86. The third-order valence-electron chi connectivity index (χ3n) is 8.66. The molecule has 0 saturated carbocycles. The molecular weight excluding hydrogens is 487 g/mol. The Hall–Kier alpha value is -5.16. The van der Waals surface area contributed by atoms with Gasteiger partial charge in [-0.25, -0.2) is 0 Å².